The molecule has 1 heterocycles. The number of hydrogen-bond donors (Lipinski definition) is 1. The summed E-state index contributed by atoms with van der Waals surface area (Å²) in [5.74, 6) is -1.09. The molecule has 1 unspecified atom stereocenters. The molecule has 2 atom stereocenters. The van der Waals surface area contributed by atoms with Crippen LogP contribution in [0.25, 0.3) is 0 Å². The van der Waals surface area contributed by atoms with Gasteiger partial charge in [-0.3, -0.25) is 4.79 Å². The maximum Gasteiger partial charge on any atom is 0.326 e. The van der Waals surface area contributed by atoms with Crippen LogP contribution in [0.3, 0.4) is 0 Å². The maximum atomic E-state index is 12.6. The molecule has 22 heavy (non-hydrogen) atoms. The van der Waals surface area contributed by atoms with E-state index in [0.717, 1.165) is 5.56 Å². The van der Waals surface area contributed by atoms with Gasteiger partial charge in [-0.05, 0) is 24.1 Å². The molecule has 1 saturated heterocycles. The molecule has 2 aromatic carbocycles. The van der Waals surface area contributed by atoms with Gasteiger partial charge >= 0.3 is 5.97 Å². The highest BCUT2D eigenvalue weighted by Crippen LogP contribution is 2.32. The van der Waals surface area contributed by atoms with Crippen LogP contribution in [-0.2, 0) is 4.79 Å². The van der Waals surface area contributed by atoms with Crippen molar-refractivity contribution in [3.05, 3.63) is 71.8 Å². The highest BCUT2D eigenvalue weighted by molar-refractivity contribution is 5.97. The average Bonchev–Trinajstić information content (AvgIpc) is 3.01. The minimum Gasteiger partial charge on any atom is -0.480 e. The molecular weight excluding hydrogens is 278 g/mol. The largest absolute Gasteiger partial charge is 0.480 e. The third kappa shape index (κ3) is 2.72. The minimum absolute atomic E-state index is 0.0648. The standard InChI is InChI=1S/C18H17NO3/c20-17(14-9-5-2-6-10-14)19-12-15(11-16(19)18(21)22)13-7-3-1-4-8-13/h1-10,15-16H,11-12H2,(H,21,22)/t15?,16-/m0/s1. The smallest absolute Gasteiger partial charge is 0.326 e. The number of benzene rings is 2. The van der Waals surface area contributed by atoms with Crippen molar-refractivity contribution >= 4 is 11.9 Å². The van der Waals surface area contributed by atoms with Crippen LogP contribution in [-0.4, -0.2) is 34.5 Å². The van der Waals surface area contributed by atoms with Gasteiger partial charge in [-0.15, -0.1) is 0 Å². The lowest BCUT2D eigenvalue weighted by Gasteiger charge is -2.21. The number of aliphatic carboxylic acids is 1. The van der Waals surface area contributed by atoms with Crippen molar-refractivity contribution in [3.63, 3.8) is 0 Å². The van der Waals surface area contributed by atoms with Gasteiger partial charge in [0.15, 0.2) is 0 Å². The number of carbonyl (C=O) groups excluding carboxylic acids is 1. The van der Waals surface area contributed by atoms with E-state index < -0.39 is 12.0 Å². The van der Waals surface area contributed by atoms with E-state index in [1.165, 1.54) is 4.90 Å². The third-order valence-electron chi connectivity index (χ3n) is 4.14. The highest BCUT2D eigenvalue weighted by Gasteiger charge is 2.40. The highest BCUT2D eigenvalue weighted by atomic mass is 16.4. The summed E-state index contributed by atoms with van der Waals surface area (Å²) in [6.07, 6.45) is 0.456. The normalized spacial score (nSPS) is 20.8. The second-order valence-corrected chi connectivity index (χ2v) is 5.52. The Hall–Kier alpha value is -2.62. The molecule has 4 heteroatoms. The molecule has 1 aliphatic heterocycles. The molecule has 2 aromatic rings. The minimum atomic E-state index is -0.942. The zero-order valence-electron chi connectivity index (χ0n) is 12.1. The summed E-state index contributed by atoms with van der Waals surface area (Å²) in [6.45, 7) is 0.439. The SMILES string of the molecule is O=C(O)[C@@H]1CC(c2ccccc2)CN1C(=O)c1ccccc1. The van der Waals surface area contributed by atoms with E-state index >= 15 is 0 Å². The molecular formula is C18H17NO3. The van der Waals surface area contributed by atoms with Crippen LogP contribution in [0, 0.1) is 0 Å². The molecule has 0 saturated carbocycles. The zero-order valence-corrected chi connectivity index (χ0v) is 12.1. The molecule has 0 radical (unpaired) electrons. The third-order valence-corrected chi connectivity index (χ3v) is 4.14. The fraction of sp³-hybridized carbons (Fsp3) is 0.222. The summed E-state index contributed by atoms with van der Waals surface area (Å²) >= 11 is 0. The topological polar surface area (TPSA) is 57.6 Å². The molecule has 1 aliphatic rings. The Balaban J connectivity index is 1.86. The van der Waals surface area contributed by atoms with E-state index in [1.54, 1.807) is 24.3 Å². The van der Waals surface area contributed by atoms with Crippen LogP contribution < -0.4 is 0 Å². The predicted octanol–water partition coefficient (Wildman–Crippen LogP) is 2.77. The number of carbonyl (C=O) groups is 2. The van der Waals surface area contributed by atoms with Crippen molar-refractivity contribution < 1.29 is 14.7 Å². The Kier molecular flexibility index (Phi) is 3.92. The van der Waals surface area contributed by atoms with Gasteiger partial charge in [0.2, 0.25) is 0 Å². The molecule has 1 amide bonds. The number of carboxylic acid groups (broad SMARTS) is 1. The monoisotopic (exact) mass is 295 g/mol. The van der Waals surface area contributed by atoms with E-state index in [9.17, 15) is 14.7 Å². The molecule has 0 bridgehead atoms. The number of nitrogens with zero attached hydrogens (tertiary/aromatic N) is 1. The lowest BCUT2D eigenvalue weighted by molar-refractivity contribution is -0.141. The van der Waals surface area contributed by atoms with Crippen LogP contribution in [0.15, 0.2) is 60.7 Å². The van der Waals surface area contributed by atoms with E-state index in [0.29, 0.717) is 18.5 Å². The first-order valence-corrected chi connectivity index (χ1v) is 7.30. The van der Waals surface area contributed by atoms with Gasteiger partial charge in [0, 0.05) is 18.0 Å². The summed E-state index contributed by atoms with van der Waals surface area (Å²) in [5.41, 5.74) is 1.61. The summed E-state index contributed by atoms with van der Waals surface area (Å²) in [6, 6.07) is 17.9. The first-order valence-electron chi connectivity index (χ1n) is 7.30. The first-order chi connectivity index (χ1) is 10.7. The van der Waals surface area contributed by atoms with E-state index in [-0.39, 0.29) is 11.8 Å². The molecule has 4 nitrogen and oxygen atoms in total. The van der Waals surface area contributed by atoms with Gasteiger partial charge in [-0.1, -0.05) is 48.5 Å². The quantitative estimate of drug-likeness (QED) is 0.947. The number of likely N-dealkylation sites (tertiary alicyclic amines) is 1. The van der Waals surface area contributed by atoms with Crippen molar-refractivity contribution in [2.24, 2.45) is 0 Å². The van der Waals surface area contributed by atoms with Crippen molar-refractivity contribution in [3.8, 4) is 0 Å². The van der Waals surface area contributed by atoms with Crippen molar-refractivity contribution in [1.29, 1.82) is 0 Å². The summed E-state index contributed by atoms with van der Waals surface area (Å²) in [5, 5.41) is 9.45. The van der Waals surface area contributed by atoms with Gasteiger partial charge in [-0.25, -0.2) is 4.79 Å². The molecule has 0 aromatic heterocycles. The summed E-state index contributed by atoms with van der Waals surface area (Å²) < 4.78 is 0. The number of hydrogen-bond acceptors (Lipinski definition) is 2. The van der Waals surface area contributed by atoms with Gasteiger partial charge < -0.3 is 10.0 Å². The van der Waals surface area contributed by atoms with Gasteiger partial charge in [0.05, 0.1) is 0 Å². The molecule has 112 valence electrons. The fourth-order valence-corrected chi connectivity index (χ4v) is 3.01. The lowest BCUT2D eigenvalue weighted by Crippen LogP contribution is -2.40. The van der Waals surface area contributed by atoms with Crippen molar-refractivity contribution in [2.75, 3.05) is 6.54 Å². The van der Waals surface area contributed by atoms with Crippen LogP contribution in [0.5, 0.6) is 0 Å². The van der Waals surface area contributed by atoms with Gasteiger partial charge in [0.1, 0.15) is 6.04 Å². The van der Waals surface area contributed by atoms with Crippen molar-refractivity contribution in [1.82, 2.24) is 4.90 Å². The number of carboxylic acids is 1. The van der Waals surface area contributed by atoms with Crippen LogP contribution >= 0.6 is 0 Å². The van der Waals surface area contributed by atoms with E-state index in [1.807, 2.05) is 36.4 Å². The average molecular weight is 295 g/mol. The van der Waals surface area contributed by atoms with Crippen LogP contribution in [0.2, 0.25) is 0 Å². The Morgan fingerprint density at radius 1 is 0.955 bits per heavy atom. The Morgan fingerprint density at radius 3 is 2.14 bits per heavy atom. The maximum absolute atomic E-state index is 12.6. The van der Waals surface area contributed by atoms with Crippen molar-refractivity contribution in [2.45, 2.75) is 18.4 Å². The van der Waals surface area contributed by atoms with Gasteiger partial charge in [-0.2, -0.15) is 0 Å². The van der Waals surface area contributed by atoms with Gasteiger partial charge in [0.25, 0.3) is 5.91 Å². The Bertz CT molecular complexity index is 669. The fourth-order valence-electron chi connectivity index (χ4n) is 3.01. The summed E-state index contributed by atoms with van der Waals surface area (Å²) in [4.78, 5) is 25.6. The number of amides is 1. The second-order valence-electron chi connectivity index (χ2n) is 5.52. The Labute approximate surface area is 129 Å². The molecule has 0 spiro atoms. The molecule has 3 rings (SSSR count). The predicted molar refractivity (Wildman–Crippen MR) is 82.7 cm³/mol. The lowest BCUT2D eigenvalue weighted by atomic mass is 9.96. The first kappa shape index (κ1) is 14.3. The van der Waals surface area contributed by atoms with E-state index in [4.69, 9.17) is 0 Å². The summed E-state index contributed by atoms with van der Waals surface area (Å²) in [7, 11) is 0. The molecule has 0 aliphatic carbocycles. The van der Waals surface area contributed by atoms with Crippen LogP contribution in [0.4, 0.5) is 0 Å². The Morgan fingerprint density at radius 2 is 1.55 bits per heavy atom. The molecule has 1 N–H and O–H groups in total. The second kappa shape index (κ2) is 6.02. The van der Waals surface area contributed by atoms with E-state index in [2.05, 4.69) is 0 Å². The zero-order chi connectivity index (χ0) is 15.5. The molecule has 1 fully saturated rings. The number of rotatable bonds is 3. The van der Waals surface area contributed by atoms with Crippen LogP contribution in [0.1, 0.15) is 28.3 Å².